The molecule has 2 heteroatoms. The first-order valence-corrected chi connectivity index (χ1v) is 7.22. The van der Waals surface area contributed by atoms with Crippen molar-refractivity contribution in [2.75, 3.05) is 0 Å². The average molecular weight is 280 g/mol. The summed E-state index contributed by atoms with van der Waals surface area (Å²) in [5.74, 6) is -0.0422. The molecule has 0 aliphatic heterocycles. The van der Waals surface area contributed by atoms with Gasteiger partial charge in [-0.15, -0.1) is 0 Å². The van der Waals surface area contributed by atoms with Gasteiger partial charge < -0.3 is 5.11 Å². The summed E-state index contributed by atoms with van der Waals surface area (Å²) in [6.45, 7) is 0. The van der Waals surface area contributed by atoms with E-state index in [2.05, 4.69) is 0 Å². The van der Waals surface area contributed by atoms with Crippen LogP contribution in [-0.4, -0.2) is 17.0 Å². The third kappa shape index (κ3) is 5.76. The van der Waals surface area contributed by atoms with Gasteiger partial charge in [-0.3, -0.25) is 4.79 Å². The van der Waals surface area contributed by atoms with Crippen molar-refractivity contribution in [3.8, 4) is 0 Å². The zero-order valence-corrected chi connectivity index (χ0v) is 12.0. The van der Waals surface area contributed by atoms with E-state index >= 15 is 0 Å². The van der Waals surface area contributed by atoms with Gasteiger partial charge in [0.05, 0.1) is 6.10 Å². The highest BCUT2D eigenvalue weighted by Gasteiger charge is 2.08. The minimum absolute atomic E-state index is 0.0422. The van der Waals surface area contributed by atoms with E-state index in [1.165, 1.54) is 5.56 Å². The number of carbonyl (C=O) groups is 1. The van der Waals surface area contributed by atoms with Crippen LogP contribution in [0.1, 0.15) is 24.0 Å². The second kappa shape index (κ2) is 8.18. The Morgan fingerprint density at radius 2 is 1.62 bits per heavy atom. The van der Waals surface area contributed by atoms with Crippen molar-refractivity contribution in [1.82, 2.24) is 0 Å². The minimum Gasteiger partial charge on any atom is -0.393 e. The Morgan fingerprint density at radius 1 is 1.00 bits per heavy atom. The standard InChI is InChI=1S/C19H20O2/c20-18(13-11-16-7-3-1-4-8-16)15-19(21)14-12-17-9-5-2-6-10-17/h1-11,13,19,21H,12,14-15H2/t19-/m1/s1. The van der Waals surface area contributed by atoms with Crippen molar-refractivity contribution in [2.45, 2.75) is 25.4 Å². The SMILES string of the molecule is O=C(C=Cc1ccccc1)C[C@H](O)CCc1ccccc1. The van der Waals surface area contributed by atoms with Gasteiger partial charge in [-0.1, -0.05) is 66.7 Å². The van der Waals surface area contributed by atoms with E-state index in [1.54, 1.807) is 12.2 Å². The molecule has 2 nitrogen and oxygen atoms in total. The minimum atomic E-state index is -0.585. The van der Waals surface area contributed by atoms with E-state index in [9.17, 15) is 9.90 Å². The second-order valence-corrected chi connectivity index (χ2v) is 5.09. The topological polar surface area (TPSA) is 37.3 Å². The van der Waals surface area contributed by atoms with Crippen LogP contribution in [0.15, 0.2) is 66.7 Å². The van der Waals surface area contributed by atoms with Crippen LogP contribution in [0.2, 0.25) is 0 Å². The van der Waals surface area contributed by atoms with Crippen LogP contribution in [0.5, 0.6) is 0 Å². The van der Waals surface area contributed by atoms with Crippen LogP contribution in [0.25, 0.3) is 6.08 Å². The van der Waals surface area contributed by atoms with E-state index < -0.39 is 6.10 Å². The van der Waals surface area contributed by atoms with E-state index in [4.69, 9.17) is 0 Å². The van der Waals surface area contributed by atoms with Gasteiger partial charge in [-0.25, -0.2) is 0 Å². The summed E-state index contributed by atoms with van der Waals surface area (Å²) in [6.07, 6.45) is 4.31. The molecule has 2 aromatic rings. The molecule has 0 spiro atoms. The van der Waals surface area contributed by atoms with Crippen LogP contribution >= 0.6 is 0 Å². The fraction of sp³-hybridized carbons (Fsp3) is 0.211. The van der Waals surface area contributed by atoms with Crippen molar-refractivity contribution >= 4 is 11.9 Å². The van der Waals surface area contributed by atoms with E-state index in [1.807, 2.05) is 60.7 Å². The maximum atomic E-state index is 11.8. The Morgan fingerprint density at radius 3 is 2.29 bits per heavy atom. The van der Waals surface area contributed by atoms with Crippen molar-refractivity contribution < 1.29 is 9.90 Å². The van der Waals surface area contributed by atoms with Crippen LogP contribution in [-0.2, 0) is 11.2 Å². The highest BCUT2D eigenvalue weighted by molar-refractivity contribution is 5.93. The highest BCUT2D eigenvalue weighted by Crippen LogP contribution is 2.08. The van der Waals surface area contributed by atoms with Gasteiger partial charge in [-0.05, 0) is 30.0 Å². The largest absolute Gasteiger partial charge is 0.393 e. The molecule has 2 rings (SSSR count). The molecule has 1 N–H and O–H groups in total. The molecule has 0 radical (unpaired) electrons. The molecule has 0 unspecified atom stereocenters. The summed E-state index contributed by atoms with van der Waals surface area (Å²) < 4.78 is 0. The molecule has 21 heavy (non-hydrogen) atoms. The first-order valence-electron chi connectivity index (χ1n) is 7.22. The molecule has 0 aliphatic carbocycles. The lowest BCUT2D eigenvalue weighted by Gasteiger charge is -2.08. The summed E-state index contributed by atoms with van der Waals surface area (Å²) in [6, 6.07) is 19.7. The number of aliphatic hydroxyl groups excluding tert-OH is 1. The van der Waals surface area contributed by atoms with Crippen LogP contribution in [0, 0.1) is 0 Å². The number of allylic oxidation sites excluding steroid dienone is 1. The first kappa shape index (κ1) is 15.2. The molecule has 0 aliphatic rings. The number of aryl methyl sites for hydroxylation is 1. The van der Waals surface area contributed by atoms with Crippen LogP contribution < -0.4 is 0 Å². The van der Waals surface area contributed by atoms with E-state index in [-0.39, 0.29) is 12.2 Å². The Balaban J connectivity index is 1.76. The molecule has 0 amide bonds. The smallest absolute Gasteiger partial charge is 0.158 e. The fourth-order valence-corrected chi connectivity index (χ4v) is 2.13. The highest BCUT2D eigenvalue weighted by atomic mass is 16.3. The number of hydrogen-bond donors (Lipinski definition) is 1. The summed E-state index contributed by atoms with van der Waals surface area (Å²) in [4.78, 5) is 11.8. The van der Waals surface area contributed by atoms with Crippen molar-refractivity contribution in [1.29, 1.82) is 0 Å². The maximum absolute atomic E-state index is 11.8. The number of benzene rings is 2. The van der Waals surface area contributed by atoms with Gasteiger partial charge in [0.15, 0.2) is 5.78 Å². The molecular formula is C19H20O2. The molecule has 0 fully saturated rings. The summed E-state index contributed by atoms with van der Waals surface area (Å²) >= 11 is 0. The lowest BCUT2D eigenvalue weighted by molar-refractivity contribution is -0.116. The number of ketones is 1. The zero-order valence-electron chi connectivity index (χ0n) is 12.0. The molecule has 0 aromatic heterocycles. The first-order chi connectivity index (χ1) is 10.2. The Hall–Kier alpha value is -2.19. The predicted molar refractivity (Wildman–Crippen MR) is 85.9 cm³/mol. The normalized spacial score (nSPS) is 12.4. The Kier molecular flexibility index (Phi) is 5.92. The van der Waals surface area contributed by atoms with E-state index in [0.29, 0.717) is 6.42 Å². The van der Waals surface area contributed by atoms with Crippen molar-refractivity contribution in [3.05, 3.63) is 77.9 Å². The number of rotatable bonds is 7. The molecule has 0 heterocycles. The molecular weight excluding hydrogens is 260 g/mol. The van der Waals surface area contributed by atoms with Gasteiger partial charge in [-0.2, -0.15) is 0 Å². The third-order valence-corrected chi connectivity index (χ3v) is 3.31. The molecule has 0 saturated heterocycles. The molecule has 2 aromatic carbocycles. The lowest BCUT2D eigenvalue weighted by Crippen LogP contribution is -2.12. The van der Waals surface area contributed by atoms with Gasteiger partial charge in [0.25, 0.3) is 0 Å². The molecule has 108 valence electrons. The summed E-state index contributed by atoms with van der Waals surface area (Å²) in [5.41, 5.74) is 2.17. The molecule has 1 atom stereocenters. The van der Waals surface area contributed by atoms with Crippen LogP contribution in [0.3, 0.4) is 0 Å². The monoisotopic (exact) mass is 280 g/mol. The fourth-order valence-electron chi connectivity index (χ4n) is 2.13. The predicted octanol–water partition coefficient (Wildman–Crippen LogP) is 3.65. The number of carbonyl (C=O) groups excluding carboxylic acids is 1. The van der Waals surface area contributed by atoms with Gasteiger partial charge >= 0.3 is 0 Å². The molecule has 0 bridgehead atoms. The number of hydrogen-bond acceptors (Lipinski definition) is 2. The lowest BCUT2D eigenvalue weighted by atomic mass is 10.0. The Labute approximate surface area is 125 Å². The second-order valence-electron chi connectivity index (χ2n) is 5.09. The average Bonchev–Trinajstić information content (AvgIpc) is 2.53. The molecule has 0 saturated carbocycles. The summed E-state index contributed by atoms with van der Waals surface area (Å²) in [5, 5.41) is 9.92. The van der Waals surface area contributed by atoms with Gasteiger partial charge in [0.2, 0.25) is 0 Å². The summed E-state index contributed by atoms with van der Waals surface area (Å²) in [7, 11) is 0. The van der Waals surface area contributed by atoms with Gasteiger partial charge in [0, 0.05) is 6.42 Å². The van der Waals surface area contributed by atoms with E-state index in [0.717, 1.165) is 12.0 Å². The Bertz CT molecular complexity index is 573. The quantitative estimate of drug-likeness (QED) is 0.786. The van der Waals surface area contributed by atoms with Crippen LogP contribution in [0.4, 0.5) is 0 Å². The number of aliphatic hydroxyl groups is 1. The zero-order chi connectivity index (χ0) is 14.9. The van der Waals surface area contributed by atoms with Crippen molar-refractivity contribution in [3.63, 3.8) is 0 Å². The third-order valence-electron chi connectivity index (χ3n) is 3.31. The van der Waals surface area contributed by atoms with Crippen molar-refractivity contribution in [2.24, 2.45) is 0 Å². The van der Waals surface area contributed by atoms with Gasteiger partial charge in [0.1, 0.15) is 0 Å². The maximum Gasteiger partial charge on any atom is 0.158 e.